The molecule has 1 saturated heterocycles. The van der Waals surface area contributed by atoms with Gasteiger partial charge >= 0.3 is 0 Å². The van der Waals surface area contributed by atoms with Crippen molar-refractivity contribution in [3.05, 3.63) is 24.3 Å². The predicted octanol–water partition coefficient (Wildman–Crippen LogP) is 0.913. The first kappa shape index (κ1) is 11.2. The minimum atomic E-state index is -0.238. The van der Waals surface area contributed by atoms with Gasteiger partial charge in [0.15, 0.2) is 5.11 Å². The third-order valence-corrected chi connectivity index (χ3v) is 2.77. The van der Waals surface area contributed by atoms with Crippen LogP contribution >= 0.6 is 12.2 Å². The summed E-state index contributed by atoms with van der Waals surface area (Å²) in [6, 6.07) is 7.82. The van der Waals surface area contributed by atoms with Crippen LogP contribution in [0.5, 0.6) is 0 Å². The predicted molar refractivity (Wildman–Crippen MR) is 69.7 cm³/mol. The second-order valence-corrected chi connectivity index (χ2v) is 4.33. The zero-order chi connectivity index (χ0) is 11.5. The SMILES string of the molecule is NC(=S)Nc1ccccc1N1CCC(O)C1. The number of benzene rings is 1. The molecule has 0 spiro atoms. The number of thiocarbonyl (C=S) groups is 1. The fourth-order valence-corrected chi connectivity index (χ4v) is 2.06. The number of anilines is 2. The Balaban J connectivity index is 2.22. The highest BCUT2D eigenvalue weighted by Crippen LogP contribution is 2.28. The van der Waals surface area contributed by atoms with Crippen molar-refractivity contribution >= 4 is 28.7 Å². The molecule has 4 nitrogen and oxygen atoms in total. The van der Waals surface area contributed by atoms with E-state index in [9.17, 15) is 5.11 Å². The first-order valence-corrected chi connectivity index (χ1v) is 5.66. The first-order chi connectivity index (χ1) is 7.66. The van der Waals surface area contributed by atoms with Gasteiger partial charge in [-0.2, -0.15) is 0 Å². The maximum Gasteiger partial charge on any atom is 0.168 e. The third-order valence-electron chi connectivity index (χ3n) is 2.67. The van der Waals surface area contributed by atoms with Gasteiger partial charge < -0.3 is 21.1 Å². The maximum absolute atomic E-state index is 9.52. The van der Waals surface area contributed by atoms with E-state index in [1.54, 1.807) is 0 Å². The van der Waals surface area contributed by atoms with Gasteiger partial charge in [0.25, 0.3) is 0 Å². The highest BCUT2D eigenvalue weighted by Gasteiger charge is 2.22. The number of para-hydroxylation sites is 2. The van der Waals surface area contributed by atoms with Crippen LogP contribution in [0.25, 0.3) is 0 Å². The van der Waals surface area contributed by atoms with Gasteiger partial charge in [-0.15, -0.1) is 0 Å². The van der Waals surface area contributed by atoms with Gasteiger partial charge in [-0.05, 0) is 30.8 Å². The number of rotatable bonds is 2. The van der Waals surface area contributed by atoms with Crippen molar-refractivity contribution in [1.29, 1.82) is 0 Å². The summed E-state index contributed by atoms with van der Waals surface area (Å²) in [7, 11) is 0. The fraction of sp³-hybridized carbons (Fsp3) is 0.364. The monoisotopic (exact) mass is 237 g/mol. The molecule has 1 unspecified atom stereocenters. The quantitative estimate of drug-likeness (QED) is 0.668. The lowest BCUT2D eigenvalue weighted by molar-refractivity contribution is 0.198. The number of aliphatic hydroxyl groups excluding tert-OH is 1. The molecule has 0 aromatic heterocycles. The van der Waals surface area contributed by atoms with E-state index in [0.29, 0.717) is 6.54 Å². The number of aliphatic hydroxyl groups is 1. The van der Waals surface area contributed by atoms with Crippen LogP contribution in [-0.2, 0) is 0 Å². The molecular formula is C11H15N3OS. The molecule has 1 heterocycles. The maximum atomic E-state index is 9.52. The van der Waals surface area contributed by atoms with Crippen LogP contribution in [-0.4, -0.2) is 29.4 Å². The minimum Gasteiger partial charge on any atom is -0.391 e. The molecule has 0 radical (unpaired) electrons. The molecule has 5 heteroatoms. The van der Waals surface area contributed by atoms with Gasteiger partial charge in [-0.25, -0.2) is 0 Å². The highest BCUT2D eigenvalue weighted by molar-refractivity contribution is 7.80. The van der Waals surface area contributed by atoms with E-state index in [4.69, 9.17) is 18.0 Å². The van der Waals surface area contributed by atoms with E-state index >= 15 is 0 Å². The lowest BCUT2D eigenvalue weighted by Crippen LogP contribution is -2.25. The van der Waals surface area contributed by atoms with Crippen LogP contribution < -0.4 is 16.0 Å². The van der Waals surface area contributed by atoms with E-state index < -0.39 is 0 Å². The first-order valence-electron chi connectivity index (χ1n) is 5.25. The van der Waals surface area contributed by atoms with Crippen LogP contribution in [0.15, 0.2) is 24.3 Å². The van der Waals surface area contributed by atoms with E-state index in [1.165, 1.54) is 0 Å². The van der Waals surface area contributed by atoms with Crippen molar-refractivity contribution in [3.63, 3.8) is 0 Å². The van der Waals surface area contributed by atoms with E-state index in [0.717, 1.165) is 24.3 Å². The van der Waals surface area contributed by atoms with Crippen LogP contribution in [0.3, 0.4) is 0 Å². The van der Waals surface area contributed by atoms with Crippen LogP contribution in [0.4, 0.5) is 11.4 Å². The summed E-state index contributed by atoms with van der Waals surface area (Å²) < 4.78 is 0. The normalized spacial score (nSPS) is 19.8. The molecule has 1 aromatic rings. The van der Waals surface area contributed by atoms with Crippen LogP contribution in [0.1, 0.15) is 6.42 Å². The summed E-state index contributed by atoms with van der Waals surface area (Å²) in [5.41, 5.74) is 7.40. The Morgan fingerprint density at radius 1 is 1.50 bits per heavy atom. The summed E-state index contributed by atoms with van der Waals surface area (Å²) in [6.07, 6.45) is 0.569. The number of nitrogens with one attached hydrogen (secondary N) is 1. The summed E-state index contributed by atoms with van der Waals surface area (Å²) in [4.78, 5) is 2.13. The fourth-order valence-electron chi connectivity index (χ4n) is 1.95. The Labute approximate surface area is 100 Å². The summed E-state index contributed by atoms with van der Waals surface area (Å²) in [5, 5.41) is 12.7. The van der Waals surface area contributed by atoms with Crippen molar-refractivity contribution in [3.8, 4) is 0 Å². The van der Waals surface area contributed by atoms with Gasteiger partial charge in [0, 0.05) is 13.1 Å². The molecule has 1 fully saturated rings. The smallest absolute Gasteiger partial charge is 0.168 e. The molecule has 1 atom stereocenters. The molecule has 0 bridgehead atoms. The average molecular weight is 237 g/mol. The topological polar surface area (TPSA) is 61.5 Å². The minimum absolute atomic E-state index is 0.238. The van der Waals surface area contributed by atoms with E-state index in [-0.39, 0.29) is 11.2 Å². The summed E-state index contributed by atoms with van der Waals surface area (Å²) >= 11 is 4.83. The average Bonchev–Trinajstić information content (AvgIpc) is 2.65. The Morgan fingerprint density at radius 3 is 2.88 bits per heavy atom. The lowest BCUT2D eigenvalue weighted by atomic mass is 10.2. The molecular weight excluding hydrogens is 222 g/mol. The second-order valence-electron chi connectivity index (χ2n) is 3.89. The zero-order valence-corrected chi connectivity index (χ0v) is 9.70. The number of nitrogens with zero attached hydrogens (tertiary/aromatic N) is 1. The van der Waals surface area contributed by atoms with Crippen molar-refractivity contribution in [2.24, 2.45) is 5.73 Å². The van der Waals surface area contributed by atoms with Gasteiger partial charge in [-0.1, -0.05) is 12.1 Å². The van der Waals surface area contributed by atoms with Crippen molar-refractivity contribution in [1.82, 2.24) is 0 Å². The number of nitrogens with two attached hydrogens (primary N) is 1. The molecule has 86 valence electrons. The Morgan fingerprint density at radius 2 is 2.25 bits per heavy atom. The highest BCUT2D eigenvalue weighted by atomic mass is 32.1. The molecule has 0 aliphatic carbocycles. The zero-order valence-electron chi connectivity index (χ0n) is 8.89. The Kier molecular flexibility index (Phi) is 3.26. The van der Waals surface area contributed by atoms with Gasteiger partial charge in [0.2, 0.25) is 0 Å². The van der Waals surface area contributed by atoms with Crippen molar-refractivity contribution in [2.45, 2.75) is 12.5 Å². The van der Waals surface area contributed by atoms with Crippen LogP contribution in [0.2, 0.25) is 0 Å². The van der Waals surface area contributed by atoms with Gasteiger partial charge in [0.05, 0.1) is 17.5 Å². The Bertz CT molecular complexity index is 397. The lowest BCUT2D eigenvalue weighted by Gasteiger charge is -2.21. The van der Waals surface area contributed by atoms with Gasteiger partial charge in [-0.3, -0.25) is 0 Å². The van der Waals surface area contributed by atoms with Crippen molar-refractivity contribution < 1.29 is 5.11 Å². The standard InChI is InChI=1S/C11H15N3OS/c12-11(16)13-9-3-1-2-4-10(9)14-6-5-8(15)7-14/h1-4,8,15H,5-7H2,(H3,12,13,16). The van der Waals surface area contributed by atoms with Crippen molar-refractivity contribution in [2.75, 3.05) is 23.3 Å². The molecule has 0 amide bonds. The molecule has 0 saturated carbocycles. The molecule has 4 N–H and O–H groups in total. The number of hydrogen-bond donors (Lipinski definition) is 3. The molecule has 2 rings (SSSR count). The molecule has 16 heavy (non-hydrogen) atoms. The molecule has 1 aromatic carbocycles. The summed E-state index contributed by atoms with van der Waals surface area (Å²) in [5.74, 6) is 0. The van der Waals surface area contributed by atoms with E-state index in [2.05, 4.69) is 10.2 Å². The summed E-state index contributed by atoms with van der Waals surface area (Å²) in [6.45, 7) is 1.52. The largest absolute Gasteiger partial charge is 0.391 e. The second kappa shape index (κ2) is 4.67. The van der Waals surface area contributed by atoms with Crippen LogP contribution in [0, 0.1) is 0 Å². The molecule has 1 aliphatic heterocycles. The number of hydrogen-bond acceptors (Lipinski definition) is 3. The number of β-amino-alcohol motifs (C(OH)–C–C–N with tert-alkyl or cyclic N) is 1. The van der Waals surface area contributed by atoms with Gasteiger partial charge in [0.1, 0.15) is 0 Å². The third kappa shape index (κ3) is 2.43. The van der Waals surface area contributed by atoms with E-state index in [1.807, 2.05) is 24.3 Å². The Hall–Kier alpha value is -1.33. The molecule has 1 aliphatic rings.